The Labute approximate surface area is 76.6 Å². The number of hydrogen-bond acceptors (Lipinski definition) is 5. The Kier molecular flexibility index (Phi) is 6.53. The van der Waals surface area contributed by atoms with E-state index >= 15 is 0 Å². The summed E-state index contributed by atoms with van der Waals surface area (Å²) < 4.78 is 9.76. The quantitative estimate of drug-likeness (QED) is 0.217. The van der Waals surface area contributed by atoms with Crippen LogP contribution in [0.5, 0.6) is 0 Å². The van der Waals surface area contributed by atoms with Gasteiger partial charge in [-0.2, -0.15) is 0 Å². The third-order valence-electron chi connectivity index (χ3n) is 1.06. The molecular formula is C8H13NO4. The number of oxime groups is 1. The number of ether oxygens (including phenoxy) is 2. The van der Waals surface area contributed by atoms with Crippen LogP contribution in [0.4, 0.5) is 0 Å². The van der Waals surface area contributed by atoms with E-state index < -0.39 is 0 Å². The lowest BCUT2D eigenvalue weighted by atomic mass is 10.5. The predicted octanol–water partition coefficient (Wildman–Crippen LogP) is 0.582. The summed E-state index contributed by atoms with van der Waals surface area (Å²) in [5.74, 6) is -0.00815. The van der Waals surface area contributed by atoms with Crippen molar-refractivity contribution < 1.29 is 19.5 Å². The Morgan fingerprint density at radius 1 is 1.62 bits per heavy atom. The summed E-state index contributed by atoms with van der Waals surface area (Å²) in [5, 5.41) is 11.1. The molecular weight excluding hydrogens is 174 g/mol. The first-order chi connectivity index (χ1) is 6.20. The van der Waals surface area contributed by atoms with Crippen LogP contribution in [-0.4, -0.2) is 36.7 Å². The Hall–Kier alpha value is -1.36. The number of rotatable bonds is 6. The SMILES string of the molecule is C=CC(=NO)OCCOCC(C)=O. The Balaban J connectivity index is 3.35. The fourth-order valence-electron chi connectivity index (χ4n) is 0.550. The molecule has 0 aromatic heterocycles. The molecule has 0 aliphatic heterocycles. The summed E-state index contributed by atoms with van der Waals surface area (Å²) in [6, 6.07) is 0. The van der Waals surface area contributed by atoms with Gasteiger partial charge in [-0.15, -0.1) is 0 Å². The van der Waals surface area contributed by atoms with E-state index in [2.05, 4.69) is 11.7 Å². The molecule has 0 rings (SSSR count). The second-order valence-corrected chi connectivity index (χ2v) is 2.25. The van der Waals surface area contributed by atoms with E-state index in [9.17, 15) is 4.79 Å². The van der Waals surface area contributed by atoms with Crippen molar-refractivity contribution in [2.24, 2.45) is 5.16 Å². The van der Waals surface area contributed by atoms with Gasteiger partial charge in [0.05, 0.1) is 6.61 Å². The van der Waals surface area contributed by atoms with Gasteiger partial charge in [-0.3, -0.25) is 4.79 Å². The molecule has 0 bridgehead atoms. The van der Waals surface area contributed by atoms with Crippen LogP contribution in [0.1, 0.15) is 6.92 Å². The van der Waals surface area contributed by atoms with Crippen molar-refractivity contribution in [2.45, 2.75) is 6.92 Å². The standard InChI is InChI=1S/C8H13NO4/c1-3-8(9-11)13-5-4-12-6-7(2)10/h3,11H,1,4-6H2,2H3. The van der Waals surface area contributed by atoms with Gasteiger partial charge < -0.3 is 14.7 Å². The van der Waals surface area contributed by atoms with Crippen molar-refractivity contribution in [1.82, 2.24) is 0 Å². The second kappa shape index (κ2) is 7.30. The van der Waals surface area contributed by atoms with Crippen LogP contribution in [0.3, 0.4) is 0 Å². The average Bonchev–Trinajstić information content (AvgIpc) is 2.11. The third kappa shape index (κ3) is 7.02. The summed E-state index contributed by atoms with van der Waals surface area (Å²) in [4.78, 5) is 10.4. The summed E-state index contributed by atoms with van der Waals surface area (Å²) >= 11 is 0. The molecule has 74 valence electrons. The smallest absolute Gasteiger partial charge is 0.249 e. The Morgan fingerprint density at radius 2 is 2.31 bits per heavy atom. The van der Waals surface area contributed by atoms with Crippen LogP contribution >= 0.6 is 0 Å². The van der Waals surface area contributed by atoms with E-state index in [0.29, 0.717) is 0 Å². The first kappa shape index (κ1) is 11.6. The van der Waals surface area contributed by atoms with E-state index in [0.717, 1.165) is 0 Å². The van der Waals surface area contributed by atoms with Crippen molar-refractivity contribution in [3.05, 3.63) is 12.7 Å². The molecule has 0 atom stereocenters. The maximum atomic E-state index is 10.4. The molecule has 0 aliphatic carbocycles. The van der Waals surface area contributed by atoms with Crippen LogP contribution in [0.15, 0.2) is 17.8 Å². The number of Topliss-reactive ketones (excluding diaryl/α,β-unsaturated/α-hetero) is 1. The van der Waals surface area contributed by atoms with Gasteiger partial charge in [0.1, 0.15) is 13.2 Å². The zero-order valence-electron chi connectivity index (χ0n) is 7.52. The van der Waals surface area contributed by atoms with Crippen molar-refractivity contribution in [3.8, 4) is 0 Å². The summed E-state index contributed by atoms with van der Waals surface area (Å²) in [7, 11) is 0. The minimum Gasteiger partial charge on any atom is -0.473 e. The monoisotopic (exact) mass is 187 g/mol. The minimum absolute atomic E-state index is 0.0337. The number of carbonyl (C=O) groups is 1. The maximum absolute atomic E-state index is 10.4. The summed E-state index contributed by atoms with van der Waals surface area (Å²) in [6.07, 6.45) is 1.27. The zero-order valence-corrected chi connectivity index (χ0v) is 7.52. The topological polar surface area (TPSA) is 68.1 Å². The highest BCUT2D eigenvalue weighted by molar-refractivity contribution is 5.86. The van der Waals surface area contributed by atoms with E-state index in [1.165, 1.54) is 13.0 Å². The van der Waals surface area contributed by atoms with Crippen molar-refractivity contribution in [3.63, 3.8) is 0 Å². The first-order valence-corrected chi connectivity index (χ1v) is 3.75. The predicted molar refractivity (Wildman–Crippen MR) is 46.9 cm³/mol. The molecule has 5 heteroatoms. The van der Waals surface area contributed by atoms with Gasteiger partial charge in [0, 0.05) is 0 Å². The van der Waals surface area contributed by atoms with Crippen molar-refractivity contribution in [2.75, 3.05) is 19.8 Å². The van der Waals surface area contributed by atoms with E-state index in [1.807, 2.05) is 0 Å². The van der Waals surface area contributed by atoms with Gasteiger partial charge in [-0.05, 0) is 18.2 Å². The highest BCUT2D eigenvalue weighted by atomic mass is 16.5. The van der Waals surface area contributed by atoms with Crippen LogP contribution in [0.2, 0.25) is 0 Å². The first-order valence-electron chi connectivity index (χ1n) is 3.75. The molecule has 1 N–H and O–H groups in total. The van der Waals surface area contributed by atoms with Crippen molar-refractivity contribution in [1.29, 1.82) is 0 Å². The number of nitrogens with zero attached hydrogens (tertiary/aromatic N) is 1. The molecule has 0 aromatic carbocycles. The molecule has 5 nitrogen and oxygen atoms in total. The lowest BCUT2D eigenvalue weighted by Gasteiger charge is -2.03. The Morgan fingerprint density at radius 3 is 2.77 bits per heavy atom. The normalized spacial score (nSPS) is 11.0. The molecule has 0 saturated carbocycles. The van der Waals surface area contributed by atoms with Gasteiger partial charge >= 0.3 is 0 Å². The highest BCUT2D eigenvalue weighted by Gasteiger charge is 1.95. The average molecular weight is 187 g/mol. The molecule has 0 spiro atoms. The minimum atomic E-state index is -0.0419. The largest absolute Gasteiger partial charge is 0.473 e. The Bertz CT molecular complexity index is 200. The second-order valence-electron chi connectivity index (χ2n) is 2.25. The summed E-state index contributed by atoms with van der Waals surface area (Å²) in [5.41, 5.74) is 0. The zero-order chi connectivity index (χ0) is 10.1. The van der Waals surface area contributed by atoms with Crippen LogP contribution in [0.25, 0.3) is 0 Å². The maximum Gasteiger partial charge on any atom is 0.249 e. The molecule has 0 fully saturated rings. The van der Waals surface area contributed by atoms with Gasteiger partial charge in [-0.1, -0.05) is 6.58 Å². The number of ketones is 1. The van der Waals surface area contributed by atoms with Gasteiger partial charge in [0.25, 0.3) is 0 Å². The number of hydrogen-bond donors (Lipinski definition) is 1. The van der Waals surface area contributed by atoms with Crippen LogP contribution in [-0.2, 0) is 14.3 Å². The summed E-state index contributed by atoms with van der Waals surface area (Å²) in [6.45, 7) is 5.35. The fraction of sp³-hybridized carbons (Fsp3) is 0.500. The van der Waals surface area contributed by atoms with Gasteiger partial charge in [0.15, 0.2) is 5.78 Å². The number of carbonyl (C=O) groups excluding carboxylic acids is 1. The highest BCUT2D eigenvalue weighted by Crippen LogP contribution is 1.84. The molecule has 0 unspecified atom stereocenters. The molecule has 0 heterocycles. The van der Waals surface area contributed by atoms with Gasteiger partial charge in [-0.25, -0.2) is 0 Å². The molecule has 13 heavy (non-hydrogen) atoms. The molecule has 0 radical (unpaired) electrons. The van der Waals surface area contributed by atoms with E-state index in [1.54, 1.807) is 0 Å². The fourth-order valence-corrected chi connectivity index (χ4v) is 0.550. The third-order valence-corrected chi connectivity index (χ3v) is 1.06. The molecule has 0 saturated heterocycles. The van der Waals surface area contributed by atoms with E-state index in [-0.39, 0.29) is 31.5 Å². The van der Waals surface area contributed by atoms with Crippen molar-refractivity contribution >= 4 is 11.7 Å². The van der Waals surface area contributed by atoms with E-state index in [4.69, 9.17) is 14.7 Å². The molecule has 0 aliphatic rings. The lowest BCUT2D eigenvalue weighted by molar-refractivity contribution is -0.121. The van der Waals surface area contributed by atoms with Crippen LogP contribution < -0.4 is 0 Å². The van der Waals surface area contributed by atoms with Gasteiger partial charge in [0.2, 0.25) is 5.90 Å². The van der Waals surface area contributed by atoms with Crippen LogP contribution in [0, 0.1) is 0 Å². The lowest BCUT2D eigenvalue weighted by Crippen LogP contribution is -2.12. The molecule has 0 amide bonds. The molecule has 0 aromatic rings.